The Morgan fingerprint density at radius 3 is 2.70 bits per heavy atom. The molecule has 0 fully saturated rings. The summed E-state index contributed by atoms with van der Waals surface area (Å²) >= 11 is 4.69. The molecule has 1 heterocycles. The molecule has 0 saturated carbocycles. The number of ether oxygens (including phenoxy) is 1. The standard InChI is InChI=1S/C16H12BrN3O2S/c1-22-11-7-8-13(17)12(9-11)14(21)18-16-20-19-15(23-16)10-5-3-2-4-6-10/h2-9H,1H3,(H,18,20,21). The lowest BCUT2D eigenvalue weighted by Gasteiger charge is -2.06. The first-order valence-corrected chi connectivity index (χ1v) is 8.32. The number of carbonyl (C=O) groups excluding carboxylic acids is 1. The molecule has 0 radical (unpaired) electrons. The van der Waals surface area contributed by atoms with Crippen molar-refractivity contribution in [2.24, 2.45) is 0 Å². The molecule has 1 amide bonds. The van der Waals surface area contributed by atoms with Crippen LogP contribution in [0.3, 0.4) is 0 Å². The number of hydrogen-bond acceptors (Lipinski definition) is 5. The van der Waals surface area contributed by atoms with Crippen molar-refractivity contribution < 1.29 is 9.53 Å². The zero-order valence-corrected chi connectivity index (χ0v) is 14.5. The Bertz CT molecular complexity index is 836. The fourth-order valence-electron chi connectivity index (χ4n) is 1.94. The summed E-state index contributed by atoms with van der Waals surface area (Å²) in [6.45, 7) is 0. The average Bonchev–Trinajstić information content (AvgIpc) is 3.04. The predicted octanol–water partition coefficient (Wildman–Crippen LogP) is 4.23. The van der Waals surface area contributed by atoms with Crippen molar-refractivity contribution >= 4 is 38.3 Å². The van der Waals surface area contributed by atoms with Gasteiger partial charge in [0.15, 0.2) is 0 Å². The van der Waals surface area contributed by atoms with E-state index < -0.39 is 0 Å². The number of anilines is 1. The summed E-state index contributed by atoms with van der Waals surface area (Å²) in [4.78, 5) is 12.4. The number of nitrogens with zero attached hydrogens (tertiary/aromatic N) is 2. The lowest BCUT2D eigenvalue weighted by atomic mass is 10.2. The third kappa shape index (κ3) is 3.57. The molecule has 5 nitrogen and oxygen atoms in total. The van der Waals surface area contributed by atoms with Crippen LogP contribution in [0.5, 0.6) is 5.75 Å². The number of aromatic nitrogens is 2. The van der Waals surface area contributed by atoms with Gasteiger partial charge in [-0.1, -0.05) is 41.7 Å². The first-order valence-electron chi connectivity index (χ1n) is 6.71. The van der Waals surface area contributed by atoms with Crippen LogP contribution in [-0.2, 0) is 0 Å². The lowest BCUT2D eigenvalue weighted by Crippen LogP contribution is -2.12. The van der Waals surface area contributed by atoms with E-state index in [-0.39, 0.29) is 5.91 Å². The van der Waals surface area contributed by atoms with E-state index in [4.69, 9.17) is 4.74 Å². The second-order valence-electron chi connectivity index (χ2n) is 4.58. The number of rotatable bonds is 4. The second kappa shape index (κ2) is 6.89. The first-order chi connectivity index (χ1) is 11.2. The molecule has 3 aromatic rings. The van der Waals surface area contributed by atoms with Crippen molar-refractivity contribution in [1.29, 1.82) is 0 Å². The van der Waals surface area contributed by atoms with Crippen LogP contribution in [0.15, 0.2) is 53.0 Å². The minimum absolute atomic E-state index is 0.272. The van der Waals surface area contributed by atoms with Crippen LogP contribution >= 0.6 is 27.3 Å². The maximum absolute atomic E-state index is 12.4. The molecule has 0 aliphatic rings. The largest absolute Gasteiger partial charge is 0.497 e. The van der Waals surface area contributed by atoms with E-state index >= 15 is 0 Å². The fraction of sp³-hybridized carbons (Fsp3) is 0.0625. The van der Waals surface area contributed by atoms with Gasteiger partial charge in [0.2, 0.25) is 5.13 Å². The van der Waals surface area contributed by atoms with Crippen LogP contribution in [0.2, 0.25) is 0 Å². The number of hydrogen-bond donors (Lipinski definition) is 1. The highest BCUT2D eigenvalue weighted by Gasteiger charge is 2.14. The molecule has 0 bridgehead atoms. The van der Waals surface area contributed by atoms with Gasteiger partial charge >= 0.3 is 0 Å². The monoisotopic (exact) mass is 389 g/mol. The zero-order chi connectivity index (χ0) is 16.2. The number of nitrogens with one attached hydrogen (secondary N) is 1. The van der Waals surface area contributed by atoms with E-state index in [9.17, 15) is 4.79 Å². The summed E-state index contributed by atoms with van der Waals surface area (Å²) in [6, 6.07) is 14.9. The van der Waals surface area contributed by atoms with Gasteiger partial charge in [0, 0.05) is 10.0 Å². The molecule has 1 aromatic heterocycles. The Hall–Kier alpha value is -2.25. The van der Waals surface area contributed by atoms with Crippen molar-refractivity contribution in [3.05, 3.63) is 58.6 Å². The topological polar surface area (TPSA) is 64.1 Å². The Kier molecular flexibility index (Phi) is 4.68. The maximum atomic E-state index is 12.4. The molecule has 7 heteroatoms. The van der Waals surface area contributed by atoms with Gasteiger partial charge in [-0.25, -0.2) is 0 Å². The summed E-state index contributed by atoms with van der Waals surface area (Å²) in [5.74, 6) is 0.340. The molecule has 1 N–H and O–H groups in total. The second-order valence-corrected chi connectivity index (χ2v) is 6.41. The molecule has 0 saturated heterocycles. The molecule has 0 unspecified atom stereocenters. The third-order valence-corrected chi connectivity index (χ3v) is 4.66. The maximum Gasteiger partial charge on any atom is 0.258 e. The Morgan fingerprint density at radius 1 is 1.17 bits per heavy atom. The summed E-state index contributed by atoms with van der Waals surface area (Å²) < 4.78 is 5.83. The highest BCUT2D eigenvalue weighted by molar-refractivity contribution is 9.10. The van der Waals surface area contributed by atoms with Gasteiger partial charge in [-0.2, -0.15) is 0 Å². The fourth-order valence-corrected chi connectivity index (χ4v) is 3.11. The number of benzene rings is 2. The number of amides is 1. The van der Waals surface area contributed by atoms with Gasteiger partial charge in [0.05, 0.1) is 12.7 Å². The number of methoxy groups -OCH3 is 1. The molecule has 0 aliphatic heterocycles. The molecule has 23 heavy (non-hydrogen) atoms. The highest BCUT2D eigenvalue weighted by Crippen LogP contribution is 2.28. The van der Waals surface area contributed by atoms with Crippen molar-refractivity contribution in [3.63, 3.8) is 0 Å². The van der Waals surface area contributed by atoms with Crippen LogP contribution in [0.4, 0.5) is 5.13 Å². The zero-order valence-electron chi connectivity index (χ0n) is 12.1. The van der Waals surface area contributed by atoms with Gasteiger partial charge in [-0.3, -0.25) is 10.1 Å². The lowest BCUT2D eigenvalue weighted by molar-refractivity contribution is 0.102. The minimum Gasteiger partial charge on any atom is -0.497 e. The van der Waals surface area contributed by atoms with Gasteiger partial charge in [-0.15, -0.1) is 10.2 Å². The van der Waals surface area contributed by atoms with E-state index in [2.05, 4.69) is 31.4 Å². The molecule has 0 aliphatic carbocycles. The third-order valence-electron chi connectivity index (χ3n) is 3.08. The Morgan fingerprint density at radius 2 is 1.96 bits per heavy atom. The summed E-state index contributed by atoms with van der Waals surface area (Å²) in [6.07, 6.45) is 0. The Balaban J connectivity index is 1.80. The summed E-state index contributed by atoms with van der Waals surface area (Å²) in [5, 5.41) is 12.1. The molecular weight excluding hydrogens is 378 g/mol. The molecule has 3 rings (SSSR count). The van der Waals surface area contributed by atoms with Crippen molar-refractivity contribution in [3.8, 4) is 16.3 Å². The van der Waals surface area contributed by atoms with Crippen LogP contribution < -0.4 is 10.1 Å². The molecule has 0 atom stereocenters. The minimum atomic E-state index is -0.272. The van der Waals surface area contributed by atoms with E-state index in [1.54, 1.807) is 25.3 Å². The molecule has 0 spiro atoms. The van der Waals surface area contributed by atoms with Crippen LogP contribution in [-0.4, -0.2) is 23.2 Å². The summed E-state index contributed by atoms with van der Waals surface area (Å²) in [7, 11) is 1.56. The average molecular weight is 390 g/mol. The van der Waals surface area contributed by atoms with E-state index in [0.29, 0.717) is 20.9 Å². The van der Waals surface area contributed by atoms with Gasteiger partial charge in [-0.05, 0) is 34.1 Å². The quantitative estimate of drug-likeness (QED) is 0.724. The highest BCUT2D eigenvalue weighted by atomic mass is 79.9. The van der Waals surface area contributed by atoms with Crippen molar-refractivity contribution in [2.45, 2.75) is 0 Å². The molecule has 2 aromatic carbocycles. The molecular formula is C16H12BrN3O2S. The summed E-state index contributed by atoms with van der Waals surface area (Å²) in [5.41, 5.74) is 1.44. The number of halogens is 1. The predicted molar refractivity (Wildman–Crippen MR) is 94.0 cm³/mol. The van der Waals surface area contributed by atoms with Crippen molar-refractivity contribution in [2.75, 3.05) is 12.4 Å². The molecule has 116 valence electrons. The van der Waals surface area contributed by atoms with E-state index in [1.807, 2.05) is 30.3 Å². The smallest absolute Gasteiger partial charge is 0.258 e. The van der Waals surface area contributed by atoms with Gasteiger partial charge in [0.25, 0.3) is 5.91 Å². The SMILES string of the molecule is COc1ccc(Br)c(C(=O)Nc2nnc(-c3ccccc3)s2)c1. The Labute approximate surface area is 145 Å². The van der Waals surface area contributed by atoms with Crippen molar-refractivity contribution in [1.82, 2.24) is 10.2 Å². The van der Waals surface area contributed by atoms with E-state index in [0.717, 1.165) is 10.6 Å². The van der Waals surface area contributed by atoms with Gasteiger partial charge < -0.3 is 4.74 Å². The van der Waals surface area contributed by atoms with Crippen LogP contribution in [0.1, 0.15) is 10.4 Å². The normalized spacial score (nSPS) is 10.3. The first kappa shape index (κ1) is 15.6. The van der Waals surface area contributed by atoms with E-state index in [1.165, 1.54) is 11.3 Å². The van der Waals surface area contributed by atoms with Gasteiger partial charge in [0.1, 0.15) is 10.8 Å². The number of carbonyl (C=O) groups is 1. The van der Waals surface area contributed by atoms with Crippen LogP contribution in [0, 0.1) is 0 Å². The van der Waals surface area contributed by atoms with Crippen LogP contribution in [0.25, 0.3) is 10.6 Å².